The Morgan fingerprint density at radius 1 is 1.00 bits per heavy atom. The van der Waals surface area contributed by atoms with Crippen LogP contribution in [-0.2, 0) is 6.54 Å². The van der Waals surface area contributed by atoms with Gasteiger partial charge >= 0.3 is 0 Å². The highest BCUT2D eigenvalue weighted by Crippen LogP contribution is 2.24. The summed E-state index contributed by atoms with van der Waals surface area (Å²) in [4.78, 5) is 0. The molecule has 0 bridgehead atoms. The summed E-state index contributed by atoms with van der Waals surface area (Å²) in [6, 6.07) is 16.5. The van der Waals surface area contributed by atoms with Crippen LogP contribution in [0.1, 0.15) is 24.1 Å². The standard InChI is InChI=1S/C17H21NO2/c1-13(14-7-5-4-6-8-14)18-12-15-11-16(19-2)9-10-17(15)20-3/h4-11,13,18H,12H2,1-3H3/t13-/m1/s1. The summed E-state index contributed by atoms with van der Waals surface area (Å²) in [5.74, 6) is 1.72. The molecule has 0 saturated carbocycles. The van der Waals surface area contributed by atoms with E-state index in [2.05, 4.69) is 36.5 Å². The molecule has 20 heavy (non-hydrogen) atoms. The molecule has 106 valence electrons. The van der Waals surface area contributed by atoms with E-state index in [4.69, 9.17) is 9.47 Å². The second kappa shape index (κ2) is 6.96. The van der Waals surface area contributed by atoms with Gasteiger partial charge in [0.25, 0.3) is 0 Å². The van der Waals surface area contributed by atoms with E-state index in [9.17, 15) is 0 Å². The number of nitrogens with one attached hydrogen (secondary N) is 1. The van der Waals surface area contributed by atoms with Crippen LogP contribution in [0.2, 0.25) is 0 Å². The average molecular weight is 271 g/mol. The van der Waals surface area contributed by atoms with Crippen LogP contribution in [0.25, 0.3) is 0 Å². The molecule has 0 saturated heterocycles. The molecule has 3 heteroatoms. The number of hydrogen-bond acceptors (Lipinski definition) is 3. The molecule has 0 aromatic heterocycles. The monoisotopic (exact) mass is 271 g/mol. The van der Waals surface area contributed by atoms with Crippen molar-refractivity contribution in [2.75, 3.05) is 14.2 Å². The lowest BCUT2D eigenvalue weighted by Crippen LogP contribution is -2.18. The lowest BCUT2D eigenvalue weighted by atomic mass is 10.1. The third-order valence-electron chi connectivity index (χ3n) is 3.39. The molecule has 0 fully saturated rings. The zero-order chi connectivity index (χ0) is 14.4. The average Bonchev–Trinajstić information content (AvgIpc) is 2.53. The molecule has 2 aromatic carbocycles. The second-order valence-electron chi connectivity index (χ2n) is 4.69. The van der Waals surface area contributed by atoms with Crippen molar-refractivity contribution >= 4 is 0 Å². The van der Waals surface area contributed by atoms with Crippen LogP contribution < -0.4 is 14.8 Å². The minimum Gasteiger partial charge on any atom is -0.497 e. The van der Waals surface area contributed by atoms with Crippen molar-refractivity contribution in [3.63, 3.8) is 0 Å². The zero-order valence-corrected chi connectivity index (χ0v) is 12.2. The fourth-order valence-corrected chi connectivity index (χ4v) is 2.14. The van der Waals surface area contributed by atoms with E-state index in [1.54, 1.807) is 14.2 Å². The smallest absolute Gasteiger partial charge is 0.123 e. The fraction of sp³-hybridized carbons (Fsp3) is 0.294. The summed E-state index contributed by atoms with van der Waals surface area (Å²) >= 11 is 0. The summed E-state index contributed by atoms with van der Waals surface area (Å²) in [6.45, 7) is 2.89. The molecule has 3 nitrogen and oxygen atoms in total. The summed E-state index contributed by atoms with van der Waals surface area (Å²) in [7, 11) is 3.36. The van der Waals surface area contributed by atoms with Crippen molar-refractivity contribution in [3.8, 4) is 11.5 Å². The normalized spacial score (nSPS) is 11.9. The Balaban J connectivity index is 2.06. The highest BCUT2D eigenvalue weighted by Gasteiger charge is 2.08. The minimum absolute atomic E-state index is 0.284. The van der Waals surface area contributed by atoms with Gasteiger partial charge < -0.3 is 14.8 Å². The first-order valence-electron chi connectivity index (χ1n) is 6.74. The SMILES string of the molecule is COc1ccc(OC)c(CN[C@H](C)c2ccccc2)c1. The second-order valence-corrected chi connectivity index (χ2v) is 4.69. The van der Waals surface area contributed by atoms with Gasteiger partial charge in [0.05, 0.1) is 14.2 Å². The third-order valence-corrected chi connectivity index (χ3v) is 3.39. The van der Waals surface area contributed by atoms with Gasteiger partial charge in [0.1, 0.15) is 11.5 Å². The van der Waals surface area contributed by atoms with E-state index >= 15 is 0 Å². The van der Waals surface area contributed by atoms with Gasteiger partial charge in [-0.1, -0.05) is 30.3 Å². The van der Waals surface area contributed by atoms with E-state index in [0.29, 0.717) is 0 Å². The molecule has 0 radical (unpaired) electrons. The topological polar surface area (TPSA) is 30.5 Å². The number of ether oxygens (including phenoxy) is 2. The Morgan fingerprint density at radius 2 is 1.75 bits per heavy atom. The van der Waals surface area contributed by atoms with Crippen molar-refractivity contribution in [2.45, 2.75) is 19.5 Å². The van der Waals surface area contributed by atoms with Gasteiger partial charge in [-0.15, -0.1) is 0 Å². The lowest BCUT2D eigenvalue weighted by molar-refractivity contribution is 0.395. The van der Waals surface area contributed by atoms with Crippen LogP contribution in [0.3, 0.4) is 0 Å². The Morgan fingerprint density at radius 3 is 2.40 bits per heavy atom. The van der Waals surface area contributed by atoms with Gasteiger partial charge in [0.15, 0.2) is 0 Å². The molecular weight excluding hydrogens is 250 g/mol. The van der Waals surface area contributed by atoms with Crippen LogP contribution in [0, 0.1) is 0 Å². The lowest BCUT2D eigenvalue weighted by Gasteiger charge is -2.16. The van der Waals surface area contributed by atoms with Crippen molar-refractivity contribution in [3.05, 3.63) is 59.7 Å². The van der Waals surface area contributed by atoms with E-state index in [1.807, 2.05) is 24.3 Å². The number of benzene rings is 2. The summed E-state index contributed by atoms with van der Waals surface area (Å²) in [5.41, 5.74) is 2.36. The molecule has 2 aromatic rings. The maximum atomic E-state index is 5.39. The van der Waals surface area contributed by atoms with E-state index in [1.165, 1.54) is 5.56 Å². The van der Waals surface area contributed by atoms with Crippen molar-refractivity contribution in [1.82, 2.24) is 5.32 Å². The molecule has 0 spiro atoms. The fourth-order valence-electron chi connectivity index (χ4n) is 2.14. The van der Waals surface area contributed by atoms with Crippen LogP contribution in [0.5, 0.6) is 11.5 Å². The van der Waals surface area contributed by atoms with Crippen molar-refractivity contribution in [2.24, 2.45) is 0 Å². The summed E-state index contributed by atoms with van der Waals surface area (Å²) in [5, 5.41) is 3.51. The molecule has 0 unspecified atom stereocenters. The van der Waals surface area contributed by atoms with Crippen LogP contribution in [0.4, 0.5) is 0 Å². The number of methoxy groups -OCH3 is 2. The molecule has 1 N–H and O–H groups in total. The molecule has 0 amide bonds. The summed E-state index contributed by atoms with van der Waals surface area (Å²) in [6.07, 6.45) is 0. The van der Waals surface area contributed by atoms with Gasteiger partial charge in [-0.25, -0.2) is 0 Å². The number of rotatable bonds is 6. The van der Waals surface area contributed by atoms with Gasteiger partial charge in [0.2, 0.25) is 0 Å². The molecule has 0 aliphatic carbocycles. The highest BCUT2D eigenvalue weighted by molar-refractivity contribution is 5.40. The maximum absolute atomic E-state index is 5.39. The van der Waals surface area contributed by atoms with Gasteiger partial charge in [0, 0.05) is 18.2 Å². The van der Waals surface area contributed by atoms with Gasteiger partial charge in [-0.2, -0.15) is 0 Å². The third kappa shape index (κ3) is 3.52. The molecule has 0 aliphatic heterocycles. The predicted octanol–water partition coefficient (Wildman–Crippen LogP) is 3.55. The predicted molar refractivity (Wildman–Crippen MR) is 81.2 cm³/mol. The van der Waals surface area contributed by atoms with Crippen molar-refractivity contribution in [1.29, 1.82) is 0 Å². The van der Waals surface area contributed by atoms with Crippen LogP contribution >= 0.6 is 0 Å². The van der Waals surface area contributed by atoms with Crippen LogP contribution in [0.15, 0.2) is 48.5 Å². The molecule has 2 rings (SSSR count). The van der Waals surface area contributed by atoms with Gasteiger partial charge in [-0.3, -0.25) is 0 Å². The van der Waals surface area contributed by atoms with E-state index in [0.717, 1.165) is 23.6 Å². The summed E-state index contributed by atoms with van der Waals surface area (Å²) < 4.78 is 10.6. The first-order valence-corrected chi connectivity index (χ1v) is 6.74. The molecule has 1 atom stereocenters. The highest BCUT2D eigenvalue weighted by atomic mass is 16.5. The first kappa shape index (κ1) is 14.4. The quantitative estimate of drug-likeness (QED) is 0.871. The number of hydrogen-bond donors (Lipinski definition) is 1. The Hall–Kier alpha value is -2.00. The maximum Gasteiger partial charge on any atom is 0.123 e. The first-order chi connectivity index (χ1) is 9.74. The Labute approximate surface area is 120 Å². The van der Waals surface area contributed by atoms with Gasteiger partial charge in [-0.05, 0) is 30.7 Å². The Kier molecular flexibility index (Phi) is 5.02. The Bertz CT molecular complexity index is 540. The van der Waals surface area contributed by atoms with E-state index in [-0.39, 0.29) is 6.04 Å². The molecule has 0 aliphatic rings. The van der Waals surface area contributed by atoms with Crippen LogP contribution in [-0.4, -0.2) is 14.2 Å². The molecule has 0 heterocycles. The van der Waals surface area contributed by atoms with Crippen molar-refractivity contribution < 1.29 is 9.47 Å². The molecular formula is C17H21NO2. The zero-order valence-electron chi connectivity index (χ0n) is 12.2. The van der Waals surface area contributed by atoms with E-state index < -0.39 is 0 Å². The minimum atomic E-state index is 0.284. The largest absolute Gasteiger partial charge is 0.497 e.